The van der Waals surface area contributed by atoms with Crippen LogP contribution < -0.4 is 9.64 Å². The fourth-order valence-electron chi connectivity index (χ4n) is 4.70. The Bertz CT molecular complexity index is 1450. The van der Waals surface area contributed by atoms with Gasteiger partial charge in [-0.3, -0.25) is 4.57 Å². The molecule has 0 saturated heterocycles. The second kappa shape index (κ2) is 13.2. The maximum absolute atomic E-state index is 14.5. The molecule has 1 atom stereocenters. The topological polar surface area (TPSA) is 85.4 Å². The number of rotatable bonds is 12. The van der Waals surface area contributed by atoms with Crippen molar-refractivity contribution in [3.05, 3.63) is 47.8 Å². The molecule has 1 aliphatic rings. The summed E-state index contributed by atoms with van der Waals surface area (Å²) in [7, 11) is -7.32. The standard InChI is InChI=1S/C28H37F6N2O6PS/c1-7-41-43(37,42-8-2)26(3,4)18-40-24-16-25-23(15-22(24)28(32,33)34)36(20-11-9-19(29)10-12-20)17-21(13-14-27(5,30)31)35(6)44(25,38)39/h9-12,15-16,21H,7-8,13-14,17-18H2,1-6H3/t21-/m1/s1. The third-order valence-electron chi connectivity index (χ3n) is 7.20. The van der Waals surface area contributed by atoms with E-state index in [0.717, 1.165) is 29.6 Å². The van der Waals surface area contributed by atoms with Crippen LogP contribution in [0.25, 0.3) is 0 Å². The molecule has 0 aromatic heterocycles. The summed E-state index contributed by atoms with van der Waals surface area (Å²) in [6, 6.07) is 4.83. The average Bonchev–Trinajstić information content (AvgIpc) is 2.98. The van der Waals surface area contributed by atoms with Crippen LogP contribution in [-0.4, -0.2) is 63.3 Å². The highest BCUT2D eigenvalue weighted by Gasteiger charge is 2.46. The molecule has 0 saturated carbocycles. The summed E-state index contributed by atoms with van der Waals surface area (Å²) in [5.74, 6) is -4.64. The first-order valence-electron chi connectivity index (χ1n) is 13.8. The van der Waals surface area contributed by atoms with Gasteiger partial charge in [0.25, 0.3) is 0 Å². The number of fused-ring (bicyclic) bond motifs is 1. The van der Waals surface area contributed by atoms with Crippen molar-refractivity contribution in [3.63, 3.8) is 0 Å². The zero-order valence-corrected chi connectivity index (χ0v) is 27.0. The molecule has 3 rings (SSSR count). The van der Waals surface area contributed by atoms with Crippen molar-refractivity contribution >= 4 is 29.0 Å². The number of hydrogen-bond acceptors (Lipinski definition) is 7. The second-order valence-electron chi connectivity index (χ2n) is 11.1. The summed E-state index contributed by atoms with van der Waals surface area (Å²) < 4.78 is 143. The molecule has 8 nitrogen and oxygen atoms in total. The van der Waals surface area contributed by atoms with Gasteiger partial charge in [0.1, 0.15) is 28.2 Å². The van der Waals surface area contributed by atoms with Crippen molar-refractivity contribution in [1.82, 2.24) is 4.31 Å². The van der Waals surface area contributed by atoms with Crippen molar-refractivity contribution in [2.45, 2.75) is 75.7 Å². The minimum absolute atomic E-state index is 0.0116. The molecule has 0 bridgehead atoms. The molecule has 44 heavy (non-hydrogen) atoms. The SMILES string of the molecule is CCOP(=O)(OCC)C(C)(C)COc1cc2c(cc1C(F)(F)F)N(c1ccc(F)cc1)C[C@@H](CCC(C)(F)F)N(C)S2(=O)=O. The summed E-state index contributed by atoms with van der Waals surface area (Å²) in [5, 5.41) is -1.46. The number of likely N-dealkylation sites (N-methyl/N-ethyl adjacent to an activating group) is 1. The van der Waals surface area contributed by atoms with Crippen LogP contribution in [0.2, 0.25) is 0 Å². The van der Waals surface area contributed by atoms with Crippen LogP contribution in [0.3, 0.4) is 0 Å². The number of benzene rings is 2. The maximum Gasteiger partial charge on any atom is 0.420 e. The molecule has 0 spiro atoms. The molecule has 0 N–H and O–H groups in total. The van der Waals surface area contributed by atoms with Crippen molar-refractivity contribution in [2.75, 3.05) is 38.3 Å². The Balaban J connectivity index is 2.23. The van der Waals surface area contributed by atoms with Crippen LogP contribution in [0.4, 0.5) is 37.7 Å². The first kappa shape index (κ1) is 36.2. The van der Waals surface area contributed by atoms with Gasteiger partial charge in [0, 0.05) is 37.8 Å². The first-order valence-corrected chi connectivity index (χ1v) is 16.8. The fraction of sp³-hybridized carbons (Fsp3) is 0.571. The van der Waals surface area contributed by atoms with Crippen LogP contribution in [0, 0.1) is 5.82 Å². The van der Waals surface area contributed by atoms with E-state index in [2.05, 4.69) is 0 Å². The fourth-order valence-corrected chi connectivity index (χ4v) is 7.94. The zero-order chi connectivity index (χ0) is 33.3. The Labute approximate surface area is 253 Å². The molecule has 1 aliphatic heterocycles. The number of halogens is 6. The second-order valence-corrected chi connectivity index (χ2v) is 15.8. The van der Waals surface area contributed by atoms with Gasteiger partial charge >= 0.3 is 13.8 Å². The van der Waals surface area contributed by atoms with Crippen LogP contribution in [-0.2, 0) is 29.8 Å². The first-order chi connectivity index (χ1) is 20.2. The quantitative estimate of drug-likeness (QED) is 0.168. The predicted octanol–water partition coefficient (Wildman–Crippen LogP) is 7.84. The van der Waals surface area contributed by atoms with Crippen LogP contribution in [0.5, 0.6) is 5.75 Å². The predicted molar refractivity (Wildman–Crippen MR) is 154 cm³/mol. The number of anilines is 2. The highest BCUT2D eigenvalue weighted by molar-refractivity contribution is 7.89. The molecule has 0 radical (unpaired) electrons. The van der Waals surface area contributed by atoms with E-state index in [4.69, 9.17) is 13.8 Å². The van der Waals surface area contributed by atoms with Gasteiger partial charge in [-0.25, -0.2) is 21.6 Å². The van der Waals surface area contributed by atoms with Crippen molar-refractivity contribution in [1.29, 1.82) is 0 Å². The van der Waals surface area contributed by atoms with Crippen molar-refractivity contribution in [3.8, 4) is 5.75 Å². The largest absolute Gasteiger partial charge is 0.492 e. The molecule has 1 heterocycles. The summed E-state index contributed by atoms with van der Waals surface area (Å²) in [5.41, 5.74) is -1.59. The van der Waals surface area contributed by atoms with E-state index in [-0.39, 0.29) is 31.9 Å². The van der Waals surface area contributed by atoms with Gasteiger partial charge in [0.15, 0.2) is 0 Å². The summed E-state index contributed by atoms with van der Waals surface area (Å²) >= 11 is 0. The monoisotopic (exact) mass is 674 g/mol. The molecule has 2 aromatic carbocycles. The van der Waals surface area contributed by atoms with Gasteiger partial charge < -0.3 is 18.7 Å². The molecule has 0 unspecified atom stereocenters. The maximum atomic E-state index is 14.5. The molecule has 0 aliphatic carbocycles. The molecule has 248 valence electrons. The Morgan fingerprint density at radius 1 is 0.977 bits per heavy atom. The zero-order valence-electron chi connectivity index (χ0n) is 25.3. The van der Waals surface area contributed by atoms with E-state index < -0.39 is 81.7 Å². The van der Waals surface area contributed by atoms with Gasteiger partial charge in [0.05, 0.1) is 24.5 Å². The van der Waals surface area contributed by atoms with Crippen LogP contribution >= 0.6 is 7.60 Å². The Hall–Kier alpha value is -2.32. The third kappa shape index (κ3) is 7.90. The number of hydrogen-bond donors (Lipinski definition) is 0. The van der Waals surface area contributed by atoms with E-state index in [0.29, 0.717) is 13.0 Å². The lowest BCUT2D eigenvalue weighted by atomic mass is 10.1. The van der Waals surface area contributed by atoms with Crippen molar-refractivity contribution in [2.24, 2.45) is 0 Å². The van der Waals surface area contributed by atoms with E-state index in [1.165, 1.54) is 30.9 Å². The molecular formula is C28H37F6N2O6PS. The molecule has 0 amide bonds. The Morgan fingerprint density at radius 2 is 1.55 bits per heavy atom. The van der Waals surface area contributed by atoms with Gasteiger partial charge in [-0.05, 0) is 71.4 Å². The highest BCUT2D eigenvalue weighted by atomic mass is 32.2. The van der Waals surface area contributed by atoms with E-state index in [9.17, 15) is 39.3 Å². The number of nitrogens with zero attached hydrogens (tertiary/aromatic N) is 2. The minimum Gasteiger partial charge on any atom is -0.492 e. The lowest BCUT2D eigenvalue weighted by molar-refractivity contribution is -0.139. The summed E-state index contributed by atoms with van der Waals surface area (Å²) in [4.78, 5) is 0.643. The highest BCUT2D eigenvalue weighted by Crippen LogP contribution is 2.60. The van der Waals surface area contributed by atoms with E-state index in [1.54, 1.807) is 13.8 Å². The smallest absolute Gasteiger partial charge is 0.420 e. The number of sulfonamides is 1. The summed E-state index contributed by atoms with van der Waals surface area (Å²) in [6.07, 6.45) is -6.06. The summed E-state index contributed by atoms with van der Waals surface area (Å²) in [6.45, 7) is 5.72. The molecular weight excluding hydrogens is 637 g/mol. The third-order valence-corrected chi connectivity index (χ3v) is 11.9. The Morgan fingerprint density at radius 3 is 2.05 bits per heavy atom. The Kier molecular flexibility index (Phi) is 10.8. The average molecular weight is 675 g/mol. The number of ether oxygens (including phenoxy) is 1. The molecule has 16 heteroatoms. The van der Waals surface area contributed by atoms with Gasteiger partial charge in [0.2, 0.25) is 15.9 Å². The van der Waals surface area contributed by atoms with Gasteiger partial charge in [-0.15, -0.1) is 0 Å². The lowest BCUT2D eigenvalue weighted by Gasteiger charge is -2.33. The molecule has 0 fully saturated rings. The van der Waals surface area contributed by atoms with Crippen LogP contribution in [0.15, 0.2) is 41.3 Å². The normalized spacial score (nSPS) is 18.2. The van der Waals surface area contributed by atoms with Gasteiger partial charge in [-0.1, -0.05) is 0 Å². The van der Waals surface area contributed by atoms with Gasteiger partial charge in [-0.2, -0.15) is 17.5 Å². The van der Waals surface area contributed by atoms with E-state index in [1.807, 2.05) is 0 Å². The van der Waals surface area contributed by atoms with Crippen molar-refractivity contribution < 1.29 is 53.1 Å². The lowest BCUT2D eigenvalue weighted by Crippen LogP contribution is -2.41. The molecule has 2 aromatic rings. The van der Waals surface area contributed by atoms with Crippen LogP contribution in [0.1, 0.15) is 53.0 Å². The number of alkyl halides is 5. The minimum atomic E-state index is -5.04. The van der Waals surface area contributed by atoms with E-state index >= 15 is 0 Å².